The summed E-state index contributed by atoms with van der Waals surface area (Å²) in [6.45, 7) is 13.7. The molecule has 112 valence electrons. The zero-order valence-electron chi connectivity index (χ0n) is 13.5. The van der Waals surface area contributed by atoms with Gasteiger partial charge in [-0.2, -0.15) is 0 Å². The standard InChI is InChI=1S/C14H31N5/c1-7-15-13(17-14(2,3)4)16-10-12-11-18(5)8-9-19(12)6/h12H,7-11H2,1-6H3,(H2,15,16,17). The molecule has 0 aromatic rings. The number of aliphatic imine (C=N–C) groups is 1. The van der Waals surface area contributed by atoms with E-state index in [9.17, 15) is 0 Å². The van der Waals surface area contributed by atoms with Gasteiger partial charge in [0.25, 0.3) is 0 Å². The highest BCUT2D eigenvalue weighted by atomic mass is 15.3. The second-order valence-electron chi connectivity index (χ2n) is 6.49. The minimum Gasteiger partial charge on any atom is -0.357 e. The predicted molar refractivity (Wildman–Crippen MR) is 82.8 cm³/mol. The van der Waals surface area contributed by atoms with Crippen LogP contribution in [0.5, 0.6) is 0 Å². The fourth-order valence-corrected chi connectivity index (χ4v) is 2.16. The lowest BCUT2D eigenvalue weighted by Crippen LogP contribution is -2.52. The molecule has 0 radical (unpaired) electrons. The topological polar surface area (TPSA) is 42.9 Å². The van der Waals surface area contributed by atoms with Crippen LogP contribution in [0.3, 0.4) is 0 Å². The molecule has 0 bridgehead atoms. The normalized spacial score (nSPS) is 23.5. The smallest absolute Gasteiger partial charge is 0.191 e. The molecule has 0 aromatic heterocycles. The quantitative estimate of drug-likeness (QED) is 0.581. The summed E-state index contributed by atoms with van der Waals surface area (Å²) in [7, 11) is 4.37. The molecule has 5 heteroatoms. The predicted octanol–water partition coefficient (Wildman–Crippen LogP) is 0.586. The SMILES string of the molecule is CCNC(=NCC1CN(C)CCN1C)NC(C)(C)C. The maximum Gasteiger partial charge on any atom is 0.191 e. The van der Waals surface area contributed by atoms with Crippen LogP contribution in [-0.2, 0) is 0 Å². The van der Waals surface area contributed by atoms with Crippen LogP contribution in [0.1, 0.15) is 27.7 Å². The maximum absolute atomic E-state index is 4.73. The average molecular weight is 269 g/mol. The lowest BCUT2D eigenvalue weighted by molar-refractivity contribution is 0.119. The van der Waals surface area contributed by atoms with Crippen LogP contribution in [-0.4, -0.2) is 74.2 Å². The van der Waals surface area contributed by atoms with Gasteiger partial charge in [0.15, 0.2) is 5.96 Å². The van der Waals surface area contributed by atoms with Gasteiger partial charge in [-0.1, -0.05) is 0 Å². The van der Waals surface area contributed by atoms with Crippen molar-refractivity contribution in [2.75, 3.05) is 46.8 Å². The number of rotatable bonds is 3. The molecule has 1 unspecified atom stereocenters. The molecule has 1 fully saturated rings. The Bertz CT molecular complexity index is 295. The number of nitrogens with one attached hydrogen (secondary N) is 2. The molecule has 1 saturated heterocycles. The molecule has 0 saturated carbocycles. The Labute approximate surface area is 118 Å². The van der Waals surface area contributed by atoms with Gasteiger partial charge >= 0.3 is 0 Å². The Kier molecular flexibility index (Phi) is 6.07. The van der Waals surface area contributed by atoms with Crippen LogP contribution in [0.25, 0.3) is 0 Å². The summed E-state index contributed by atoms with van der Waals surface area (Å²) in [6.07, 6.45) is 0. The van der Waals surface area contributed by atoms with Crippen LogP contribution in [0.4, 0.5) is 0 Å². The molecular weight excluding hydrogens is 238 g/mol. The van der Waals surface area contributed by atoms with E-state index in [0.717, 1.165) is 38.7 Å². The van der Waals surface area contributed by atoms with E-state index in [4.69, 9.17) is 4.99 Å². The van der Waals surface area contributed by atoms with Gasteiger partial charge in [-0.05, 0) is 41.8 Å². The van der Waals surface area contributed by atoms with Crippen molar-refractivity contribution < 1.29 is 0 Å². The Hall–Kier alpha value is -0.810. The summed E-state index contributed by atoms with van der Waals surface area (Å²) in [5.41, 5.74) is 0.0380. The molecule has 1 atom stereocenters. The largest absolute Gasteiger partial charge is 0.357 e. The first-order chi connectivity index (χ1) is 8.81. The van der Waals surface area contributed by atoms with Crippen molar-refractivity contribution in [3.8, 4) is 0 Å². The van der Waals surface area contributed by atoms with Crippen LogP contribution in [0.15, 0.2) is 4.99 Å². The van der Waals surface area contributed by atoms with Gasteiger partial charge in [-0.25, -0.2) is 0 Å². The van der Waals surface area contributed by atoms with Crippen LogP contribution >= 0.6 is 0 Å². The lowest BCUT2D eigenvalue weighted by Gasteiger charge is -2.37. The maximum atomic E-state index is 4.73. The molecule has 1 aliphatic heterocycles. The first-order valence-corrected chi connectivity index (χ1v) is 7.27. The highest BCUT2D eigenvalue weighted by Crippen LogP contribution is 2.06. The van der Waals surface area contributed by atoms with E-state index in [2.05, 4.69) is 62.2 Å². The van der Waals surface area contributed by atoms with Crippen molar-refractivity contribution in [1.29, 1.82) is 0 Å². The molecule has 1 heterocycles. The average Bonchev–Trinajstić information content (AvgIpc) is 2.28. The van der Waals surface area contributed by atoms with Gasteiger partial charge in [0.1, 0.15) is 0 Å². The molecule has 0 spiro atoms. The Balaban J connectivity index is 2.58. The first-order valence-electron chi connectivity index (χ1n) is 7.27. The number of nitrogens with zero attached hydrogens (tertiary/aromatic N) is 3. The number of piperazine rings is 1. The second-order valence-corrected chi connectivity index (χ2v) is 6.49. The van der Waals surface area contributed by atoms with Gasteiger partial charge < -0.3 is 15.5 Å². The van der Waals surface area contributed by atoms with E-state index in [0.29, 0.717) is 6.04 Å². The van der Waals surface area contributed by atoms with Gasteiger partial charge in [0.05, 0.1) is 6.54 Å². The van der Waals surface area contributed by atoms with E-state index in [1.807, 2.05) is 0 Å². The Morgan fingerprint density at radius 1 is 1.26 bits per heavy atom. The van der Waals surface area contributed by atoms with Gasteiger partial charge in [0.2, 0.25) is 0 Å². The lowest BCUT2D eigenvalue weighted by atomic mass is 10.1. The third-order valence-corrected chi connectivity index (χ3v) is 3.28. The summed E-state index contributed by atoms with van der Waals surface area (Å²) < 4.78 is 0. The summed E-state index contributed by atoms with van der Waals surface area (Å²) in [5, 5.41) is 6.74. The summed E-state index contributed by atoms with van der Waals surface area (Å²) >= 11 is 0. The third-order valence-electron chi connectivity index (χ3n) is 3.28. The molecule has 0 amide bonds. The summed E-state index contributed by atoms with van der Waals surface area (Å²) in [6, 6.07) is 0.508. The van der Waals surface area contributed by atoms with Crippen molar-refractivity contribution in [1.82, 2.24) is 20.4 Å². The monoisotopic (exact) mass is 269 g/mol. The van der Waals surface area contributed by atoms with Crippen molar-refractivity contribution in [2.24, 2.45) is 4.99 Å². The molecule has 19 heavy (non-hydrogen) atoms. The van der Waals surface area contributed by atoms with Crippen LogP contribution < -0.4 is 10.6 Å². The molecule has 0 aromatic carbocycles. The molecule has 1 aliphatic rings. The van der Waals surface area contributed by atoms with Crippen molar-refractivity contribution >= 4 is 5.96 Å². The van der Waals surface area contributed by atoms with Crippen molar-refractivity contribution in [3.05, 3.63) is 0 Å². The molecule has 5 nitrogen and oxygen atoms in total. The minimum atomic E-state index is 0.0380. The van der Waals surface area contributed by atoms with E-state index in [-0.39, 0.29) is 5.54 Å². The zero-order chi connectivity index (χ0) is 14.5. The van der Waals surface area contributed by atoms with Gasteiger partial charge in [0, 0.05) is 37.8 Å². The summed E-state index contributed by atoms with van der Waals surface area (Å²) in [4.78, 5) is 9.52. The van der Waals surface area contributed by atoms with Gasteiger partial charge in [-0.15, -0.1) is 0 Å². The minimum absolute atomic E-state index is 0.0380. The number of guanidine groups is 1. The fourth-order valence-electron chi connectivity index (χ4n) is 2.16. The first kappa shape index (κ1) is 16.2. The van der Waals surface area contributed by atoms with E-state index in [1.165, 1.54) is 0 Å². The Morgan fingerprint density at radius 2 is 1.95 bits per heavy atom. The highest BCUT2D eigenvalue weighted by molar-refractivity contribution is 5.80. The van der Waals surface area contributed by atoms with Crippen molar-refractivity contribution in [2.45, 2.75) is 39.3 Å². The fraction of sp³-hybridized carbons (Fsp3) is 0.929. The summed E-state index contributed by atoms with van der Waals surface area (Å²) in [5.74, 6) is 0.914. The Morgan fingerprint density at radius 3 is 2.53 bits per heavy atom. The number of likely N-dealkylation sites (N-methyl/N-ethyl adjacent to an activating group) is 2. The van der Waals surface area contributed by atoms with Crippen LogP contribution in [0.2, 0.25) is 0 Å². The van der Waals surface area contributed by atoms with Gasteiger partial charge in [-0.3, -0.25) is 9.89 Å². The highest BCUT2D eigenvalue weighted by Gasteiger charge is 2.22. The molecular formula is C14H31N5. The third kappa shape index (κ3) is 6.25. The molecule has 0 aliphatic carbocycles. The van der Waals surface area contributed by atoms with E-state index < -0.39 is 0 Å². The second kappa shape index (κ2) is 7.10. The number of hydrogen-bond donors (Lipinski definition) is 2. The number of hydrogen-bond acceptors (Lipinski definition) is 3. The van der Waals surface area contributed by atoms with E-state index in [1.54, 1.807) is 0 Å². The van der Waals surface area contributed by atoms with Crippen LogP contribution in [0, 0.1) is 0 Å². The molecule has 2 N–H and O–H groups in total. The van der Waals surface area contributed by atoms with Crippen molar-refractivity contribution in [3.63, 3.8) is 0 Å². The molecule has 1 rings (SSSR count). The zero-order valence-corrected chi connectivity index (χ0v) is 13.5. The van der Waals surface area contributed by atoms with E-state index >= 15 is 0 Å².